The van der Waals surface area contributed by atoms with Gasteiger partial charge in [-0.15, -0.1) is 0 Å². The third-order valence-corrected chi connectivity index (χ3v) is 5.51. The number of unbranched alkanes of at least 4 members (excludes halogenated alkanes) is 1. The van der Waals surface area contributed by atoms with Crippen molar-refractivity contribution in [1.29, 1.82) is 0 Å². The van der Waals surface area contributed by atoms with E-state index in [1.807, 2.05) is 0 Å². The molecule has 0 amide bonds. The van der Waals surface area contributed by atoms with Gasteiger partial charge in [-0.25, -0.2) is 0 Å². The fourth-order valence-electron chi connectivity index (χ4n) is 3.77. The molecule has 0 aromatic rings. The molecule has 3 atom stereocenters. The molecule has 0 heterocycles. The van der Waals surface area contributed by atoms with Crippen molar-refractivity contribution in [3.8, 4) is 0 Å². The molecule has 2 saturated carbocycles. The number of ether oxygens (including phenoxy) is 1. The summed E-state index contributed by atoms with van der Waals surface area (Å²) in [5, 5.41) is 3.75. The van der Waals surface area contributed by atoms with Crippen LogP contribution in [0.5, 0.6) is 0 Å². The quantitative estimate of drug-likeness (QED) is 0.617. The molecule has 0 aromatic heterocycles. The fraction of sp³-hybridized carbons (Fsp3) is 1.00. The van der Waals surface area contributed by atoms with Gasteiger partial charge < -0.3 is 10.1 Å². The molecule has 2 rings (SSSR count). The lowest BCUT2D eigenvalue weighted by molar-refractivity contribution is -0.0929. The van der Waals surface area contributed by atoms with Gasteiger partial charge in [-0.2, -0.15) is 0 Å². The Bertz CT molecular complexity index is 289. The van der Waals surface area contributed by atoms with Crippen molar-refractivity contribution in [3.05, 3.63) is 0 Å². The van der Waals surface area contributed by atoms with E-state index in [1.54, 1.807) is 0 Å². The predicted molar refractivity (Wildman–Crippen MR) is 90.6 cm³/mol. The van der Waals surface area contributed by atoms with E-state index in [-0.39, 0.29) is 5.60 Å². The standard InChI is InChI=1S/C19H37NO/c1-4-6-9-17(5-2)14-21-19(15-20-18-10-11-18)12-7-8-16(3)13-19/h16-18,20H,4-15H2,1-3H3. The lowest BCUT2D eigenvalue weighted by Crippen LogP contribution is -2.47. The molecule has 0 radical (unpaired) electrons. The van der Waals surface area contributed by atoms with Gasteiger partial charge in [0.1, 0.15) is 0 Å². The van der Waals surface area contributed by atoms with Crippen LogP contribution in [0.15, 0.2) is 0 Å². The summed E-state index contributed by atoms with van der Waals surface area (Å²) in [5.74, 6) is 1.59. The molecule has 0 saturated heterocycles. The predicted octanol–water partition coefficient (Wildman–Crippen LogP) is 4.92. The van der Waals surface area contributed by atoms with Crippen LogP contribution in [-0.4, -0.2) is 24.8 Å². The van der Waals surface area contributed by atoms with Crippen molar-refractivity contribution in [1.82, 2.24) is 5.32 Å². The van der Waals surface area contributed by atoms with E-state index in [2.05, 4.69) is 26.1 Å². The van der Waals surface area contributed by atoms with Crippen LogP contribution in [-0.2, 0) is 4.74 Å². The Morgan fingerprint density at radius 3 is 2.67 bits per heavy atom. The molecule has 2 aliphatic rings. The van der Waals surface area contributed by atoms with Crippen LogP contribution in [0, 0.1) is 11.8 Å². The lowest BCUT2D eigenvalue weighted by Gasteiger charge is -2.41. The fourth-order valence-corrected chi connectivity index (χ4v) is 3.77. The first-order valence-electron chi connectivity index (χ1n) is 9.54. The van der Waals surface area contributed by atoms with Crippen LogP contribution in [0.25, 0.3) is 0 Å². The van der Waals surface area contributed by atoms with Crippen LogP contribution >= 0.6 is 0 Å². The summed E-state index contributed by atoms with van der Waals surface area (Å²) in [5.41, 5.74) is 0.139. The van der Waals surface area contributed by atoms with Crippen molar-refractivity contribution in [2.45, 2.75) is 96.6 Å². The molecule has 0 aliphatic heterocycles. The monoisotopic (exact) mass is 295 g/mol. The average molecular weight is 296 g/mol. The zero-order valence-electron chi connectivity index (χ0n) is 14.6. The molecular formula is C19H37NO. The zero-order chi connectivity index (χ0) is 15.1. The van der Waals surface area contributed by atoms with Gasteiger partial charge in [0, 0.05) is 12.6 Å². The third-order valence-electron chi connectivity index (χ3n) is 5.51. The Morgan fingerprint density at radius 2 is 2.05 bits per heavy atom. The van der Waals surface area contributed by atoms with Crippen LogP contribution in [0.1, 0.15) is 85.0 Å². The highest BCUT2D eigenvalue weighted by Crippen LogP contribution is 2.36. The normalized spacial score (nSPS) is 31.3. The first-order chi connectivity index (χ1) is 10.2. The minimum absolute atomic E-state index is 0.139. The Morgan fingerprint density at radius 1 is 1.24 bits per heavy atom. The van der Waals surface area contributed by atoms with Gasteiger partial charge in [-0.3, -0.25) is 0 Å². The molecule has 2 aliphatic carbocycles. The second-order valence-corrected chi connectivity index (χ2v) is 7.77. The number of hydrogen-bond acceptors (Lipinski definition) is 2. The van der Waals surface area contributed by atoms with Gasteiger partial charge >= 0.3 is 0 Å². The molecule has 0 aromatic carbocycles. The molecule has 21 heavy (non-hydrogen) atoms. The zero-order valence-corrected chi connectivity index (χ0v) is 14.6. The highest BCUT2D eigenvalue weighted by Gasteiger charge is 2.37. The second-order valence-electron chi connectivity index (χ2n) is 7.77. The van der Waals surface area contributed by atoms with Crippen molar-refractivity contribution in [2.24, 2.45) is 11.8 Å². The Hall–Kier alpha value is -0.0800. The molecule has 124 valence electrons. The van der Waals surface area contributed by atoms with E-state index in [0.717, 1.165) is 31.0 Å². The molecule has 2 heteroatoms. The molecular weight excluding hydrogens is 258 g/mol. The maximum Gasteiger partial charge on any atom is 0.0809 e. The van der Waals surface area contributed by atoms with E-state index in [4.69, 9.17) is 4.74 Å². The van der Waals surface area contributed by atoms with Crippen molar-refractivity contribution in [3.63, 3.8) is 0 Å². The molecule has 1 N–H and O–H groups in total. The van der Waals surface area contributed by atoms with E-state index in [1.165, 1.54) is 64.2 Å². The van der Waals surface area contributed by atoms with Gasteiger partial charge in [0.15, 0.2) is 0 Å². The maximum absolute atomic E-state index is 6.61. The summed E-state index contributed by atoms with van der Waals surface area (Å²) in [4.78, 5) is 0. The topological polar surface area (TPSA) is 21.3 Å². The van der Waals surface area contributed by atoms with Crippen LogP contribution in [0.2, 0.25) is 0 Å². The number of rotatable bonds is 10. The summed E-state index contributed by atoms with van der Waals surface area (Å²) >= 11 is 0. The number of hydrogen-bond donors (Lipinski definition) is 1. The van der Waals surface area contributed by atoms with Crippen molar-refractivity contribution in [2.75, 3.05) is 13.2 Å². The maximum atomic E-state index is 6.61. The minimum atomic E-state index is 0.139. The second kappa shape index (κ2) is 8.53. The summed E-state index contributed by atoms with van der Waals surface area (Å²) in [7, 11) is 0. The van der Waals surface area contributed by atoms with Crippen molar-refractivity contribution < 1.29 is 4.74 Å². The van der Waals surface area contributed by atoms with Gasteiger partial charge in [-0.1, -0.05) is 52.9 Å². The summed E-state index contributed by atoms with van der Waals surface area (Å²) in [6.07, 6.45) is 13.3. The van der Waals surface area contributed by atoms with E-state index < -0.39 is 0 Å². The molecule has 3 unspecified atom stereocenters. The smallest absolute Gasteiger partial charge is 0.0809 e. The molecule has 2 fully saturated rings. The molecule has 0 spiro atoms. The highest BCUT2D eigenvalue weighted by molar-refractivity contribution is 4.92. The van der Waals surface area contributed by atoms with Gasteiger partial charge in [-0.05, 0) is 43.9 Å². The van der Waals surface area contributed by atoms with Crippen LogP contribution in [0.3, 0.4) is 0 Å². The summed E-state index contributed by atoms with van der Waals surface area (Å²) in [6, 6.07) is 0.796. The summed E-state index contributed by atoms with van der Waals surface area (Å²) in [6.45, 7) is 9.09. The van der Waals surface area contributed by atoms with E-state index in [9.17, 15) is 0 Å². The first-order valence-corrected chi connectivity index (χ1v) is 9.54. The van der Waals surface area contributed by atoms with Crippen LogP contribution < -0.4 is 5.32 Å². The molecule has 0 bridgehead atoms. The summed E-state index contributed by atoms with van der Waals surface area (Å²) < 4.78 is 6.61. The molecule has 2 nitrogen and oxygen atoms in total. The largest absolute Gasteiger partial charge is 0.373 e. The third kappa shape index (κ3) is 5.90. The Balaban J connectivity index is 1.84. The lowest BCUT2D eigenvalue weighted by atomic mass is 9.78. The van der Waals surface area contributed by atoms with Gasteiger partial charge in [0.2, 0.25) is 0 Å². The average Bonchev–Trinajstić information content (AvgIpc) is 3.30. The minimum Gasteiger partial charge on any atom is -0.373 e. The van der Waals surface area contributed by atoms with E-state index in [0.29, 0.717) is 0 Å². The van der Waals surface area contributed by atoms with Gasteiger partial charge in [0.05, 0.1) is 12.2 Å². The van der Waals surface area contributed by atoms with Crippen LogP contribution in [0.4, 0.5) is 0 Å². The van der Waals surface area contributed by atoms with Gasteiger partial charge in [0.25, 0.3) is 0 Å². The SMILES string of the molecule is CCCCC(CC)COC1(CNC2CC2)CCCC(C)C1. The highest BCUT2D eigenvalue weighted by atomic mass is 16.5. The first kappa shape index (κ1) is 17.3. The van der Waals surface area contributed by atoms with E-state index >= 15 is 0 Å². The van der Waals surface area contributed by atoms with Crippen molar-refractivity contribution >= 4 is 0 Å². The Kier molecular flexibility index (Phi) is 7.01. The Labute approximate surface area is 132 Å². The number of nitrogens with one attached hydrogen (secondary N) is 1.